The molecule has 1 aromatic rings. The molecule has 1 aliphatic carbocycles. The van der Waals surface area contributed by atoms with Crippen LogP contribution in [0.4, 0.5) is 13.2 Å². The van der Waals surface area contributed by atoms with Gasteiger partial charge in [-0.3, -0.25) is 14.4 Å². The van der Waals surface area contributed by atoms with E-state index in [9.17, 15) is 32.7 Å². The van der Waals surface area contributed by atoms with Crippen molar-refractivity contribution in [1.82, 2.24) is 0 Å². The van der Waals surface area contributed by atoms with E-state index in [2.05, 4.69) is 0 Å². The number of fused-ring (bicyclic) bond motifs is 1. The molecule has 3 rings (SSSR count). The summed E-state index contributed by atoms with van der Waals surface area (Å²) in [6.45, 7) is -0.494. The quantitative estimate of drug-likeness (QED) is 0.586. The van der Waals surface area contributed by atoms with Gasteiger partial charge < -0.3 is 14.6 Å². The fourth-order valence-corrected chi connectivity index (χ4v) is 3.67. The molecule has 6 nitrogen and oxygen atoms in total. The minimum atomic E-state index is -4.52. The normalized spacial score (nSPS) is 26.9. The average Bonchev–Trinajstić information content (AvgIpc) is 3.14. The molecule has 2 fully saturated rings. The molecule has 0 aromatic heterocycles. The van der Waals surface area contributed by atoms with Crippen molar-refractivity contribution in [2.24, 2.45) is 17.8 Å². The van der Waals surface area contributed by atoms with Gasteiger partial charge in [0, 0.05) is 5.92 Å². The summed E-state index contributed by atoms with van der Waals surface area (Å²) in [4.78, 5) is 34.8. The summed E-state index contributed by atoms with van der Waals surface area (Å²) in [5.41, 5.74) is -0.889. The van der Waals surface area contributed by atoms with E-state index in [1.807, 2.05) is 0 Å². The Hall–Kier alpha value is -2.84. The second-order valence-electron chi connectivity index (χ2n) is 6.79. The van der Waals surface area contributed by atoms with Crippen molar-refractivity contribution in [3.8, 4) is 5.75 Å². The average molecular weight is 398 g/mol. The van der Waals surface area contributed by atoms with Crippen molar-refractivity contribution in [2.45, 2.75) is 25.1 Å². The Balaban J connectivity index is 1.61. The molecule has 0 radical (unpaired) electrons. The third kappa shape index (κ3) is 4.35. The van der Waals surface area contributed by atoms with Crippen molar-refractivity contribution >= 4 is 17.7 Å². The Bertz CT molecular complexity index is 816. The summed E-state index contributed by atoms with van der Waals surface area (Å²) in [6.07, 6.45) is -2.12. The Kier molecular flexibility index (Phi) is 5.44. The number of esters is 1. The first kappa shape index (κ1) is 19.9. The number of hydrogen-bond donors (Lipinski definition) is 1. The molecule has 4 atom stereocenters. The monoisotopic (exact) mass is 398 g/mol. The summed E-state index contributed by atoms with van der Waals surface area (Å²) in [7, 11) is 0. The Morgan fingerprint density at radius 1 is 1.32 bits per heavy atom. The van der Waals surface area contributed by atoms with Crippen LogP contribution in [0.15, 0.2) is 36.4 Å². The summed E-state index contributed by atoms with van der Waals surface area (Å²) in [5.74, 6) is -3.67. The van der Waals surface area contributed by atoms with Crippen LogP contribution >= 0.6 is 0 Å². The molecule has 1 saturated heterocycles. The molecule has 0 amide bonds. The zero-order valence-electron chi connectivity index (χ0n) is 14.5. The first-order valence-electron chi connectivity index (χ1n) is 8.58. The van der Waals surface area contributed by atoms with Crippen molar-refractivity contribution < 1.29 is 42.1 Å². The van der Waals surface area contributed by atoms with E-state index in [1.54, 1.807) is 0 Å². The number of ketones is 1. The Morgan fingerprint density at radius 3 is 2.75 bits per heavy atom. The topological polar surface area (TPSA) is 89.9 Å². The highest BCUT2D eigenvalue weighted by Crippen LogP contribution is 2.45. The molecule has 28 heavy (non-hydrogen) atoms. The number of carbonyl (C=O) groups excluding carboxylic acids is 2. The second-order valence-corrected chi connectivity index (χ2v) is 6.79. The van der Waals surface area contributed by atoms with Gasteiger partial charge in [0.2, 0.25) is 0 Å². The van der Waals surface area contributed by atoms with E-state index in [-0.39, 0.29) is 24.5 Å². The number of carbonyl (C=O) groups is 3. The van der Waals surface area contributed by atoms with Crippen LogP contribution in [0.5, 0.6) is 5.75 Å². The van der Waals surface area contributed by atoms with E-state index in [1.165, 1.54) is 18.2 Å². The van der Waals surface area contributed by atoms with Gasteiger partial charge in [-0.1, -0.05) is 12.1 Å². The van der Waals surface area contributed by atoms with Gasteiger partial charge in [0.25, 0.3) is 0 Å². The summed E-state index contributed by atoms with van der Waals surface area (Å²) >= 11 is 0. The van der Waals surface area contributed by atoms with Crippen LogP contribution in [0.3, 0.4) is 0 Å². The minimum absolute atomic E-state index is 0.0956. The maximum absolute atomic E-state index is 12.7. The first-order chi connectivity index (χ1) is 13.1. The van der Waals surface area contributed by atoms with Crippen molar-refractivity contribution in [3.63, 3.8) is 0 Å². The van der Waals surface area contributed by atoms with Gasteiger partial charge in [-0.05, 0) is 36.6 Å². The number of halogens is 3. The Morgan fingerprint density at radius 2 is 2.07 bits per heavy atom. The first-order valence-corrected chi connectivity index (χ1v) is 8.58. The smallest absolute Gasteiger partial charge is 0.416 e. The third-order valence-corrected chi connectivity index (χ3v) is 4.97. The molecule has 0 spiro atoms. The lowest BCUT2D eigenvalue weighted by Gasteiger charge is -2.15. The highest BCUT2D eigenvalue weighted by atomic mass is 19.4. The third-order valence-electron chi connectivity index (χ3n) is 4.97. The maximum atomic E-state index is 12.7. The van der Waals surface area contributed by atoms with Gasteiger partial charge >= 0.3 is 18.1 Å². The molecule has 1 N–H and O–H groups in total. The Labute approximate surface area is 157 Å². The van der Waals surface area contributed by atoms with E-state index in [0.717, 1.165) is 18.2 Å². The maximum Gasteiger partial charge on any atom is 0.416 e. The number of allylic oxidation sites excluding steroid dienone is 1. The zero-order valence-corrected chi connectivity index (χ0v) is 14.5. The van der Waals surface area contributed by atoms with Gasteiger partial charge in [0.1, 0.15) is 11.9 Å². The highest BCUT2D eigenvalue weighted by Gasteiger charge is 2.51. The molecule has 1 heterocycles. The molecule has 0 unspecified atom stereocenters. The number of aliphatic carboxylic acids is 1. The van der Waals surface area contributed by atoms with Crippen LogP contribution in [-0.4, -0.2) is 35.5 Å². The number of carboxylic acid groups (broad SMARTS) is 1. The molecule has 9 heteroatoms. The second kappa shape index (κ2) is 7.65. The van der Waals surface area contributed by atoms with E-state index in [0.29, 0.717) is 0 Å². The molecule has 1 aliphatic heterocycles. The van der Waals surface area contributed by atoms with Gasteiger partial charge in [0.05, 0.1) is 17.9 Å². The fraction of sp³-hybridized carbons (Fsp3) is 0.421. The van der Waals surface area contributed by atoms with Crippen LogP contribution in [0.25, 0.3) is 0 Å². The summed E-state index contributed by atoms with van der Waals surface area (Å²) in [6, 6.07) is 4.16. The largest absolute Gasteiger partial charge is 0.485 e. The van der Waals surface area contributed by atoms with Crippen molar-refractivity contribution in [1.29, 1.82) is 0 Å². The zero-order chi connectivity index (χ0) is 20.5. The van der Waals surface area contributed by atoms with E-state index < -0.39 is 54.0 Å². The van der Waals surface area contributed by atoms with Crippen LogP contribution in [-0.2, 0) is 25.3 Å². The van der Waals surface area contributed by atoms with Crippen molar-refractivity contribution in [3.05, 3.63) is 42.0 Å². The number of rotatable bonds is 6. The van der Waals surface area contributed by atoms with Gasteiger partial charge in [0.15, 0.2) is 12.4 Å². The van der Waals surface area contributed by atoms with E-state index in [4.69, 9.17) is 9.47 Å². The predicted molar refractivity (Wildman–Crippen MR) is 88.3 cm³/mol. The van der Waals surface area contributed by atoms with Crippen LogP contribution in [0.2, 0.25) is 0 Å². The number of ether oxygens (including phenoxy) is 2. The lowest BCUT2D eigenvalue weighted by molar-refractivity contribution is -0.146. The lowest BCUT2D eigenvalue weighted by Crippen LogP contribution is -2.21. The standard InChI is InChI=1S/C19H17F3O6/c20-19(21,22)10-2-1-3-12(6-10)27-9-11(23)4-5-13-14-8-17(24)28-16(14)7-15(13)18(25)26/h1-6,13-16H,7-9H2,(H,25,26)/b5-4+/t13-,14-,15-,16+/m1/s1. The van der Waals surface area contributed by atoms with Gasteiger partial charge in [-0.2, -0.15) is 13.2 Å². The minimum Gasteiger partial charge on any atom is -0.485 e. The molecule has 1 saturated carbocycles. The highest BCUT2D eigenvalue weighted by molar-refractivity contribution is 5.91. The SMILES string of the molecule is O=C(/C=C/[C@@H]1[C@H]2CC(=O)O[C@H]2C[C@H]1C(=O)O)COc1cccc(C(F)(F)F)c1. The van der Waals surface area contributed by atoms with Crippen LogP contribution in [0, 0.1) is 17.8 Å². The van der Waals surface area contributed by atoms with Gasteiger partial charge in [-0.25, -0.2) is 0 Å². The number of alkyl halides is 3. The molecule has 1 aromatic carbocycles. The van der Waals surface area contributed by atoms with Crippen LogP contribution < -0.4 is 4.74 Å². The summed E-state index contributed by atoms with van der Waals surface area (Å²) < 4.78 is 48.3. The number of hydrogen-bond acceptors (Lipinski definition) is 5. The molecule has 150 valence electrons. The lowest BCUT2D eigenvalue weighted by atomic mass is 9.87. The molecular weight excluding hydrogens is 381 g/mol. The molecular formula is C19H17F3O6. The van der Waals surface area contributed by atoms with Gasteiger partial charge in [-0.15, -0.1) is 0 Å². The predicted octanol–water partition coefficient (Wildman–Crippen LogP) is 2.86. The van der Waals surface area contributed by atoms with Crippen molar-refractivity contribution in [2.75, 3.05) is 6.61 Å². The molecule has 0 bridgehead atoms. The van der Waals surface area contributed by atoms with Crippen LogP contribution in [0.1, 0.15) is 18.4 Å². The molecule has 2 aliphatic rings. The number of carboxylic acids is 1. The number of benzene rings is 1. The summed E-state index contributed by atoms with van der Waals surface area (Å²) in [5, 5.41) is 9.34. The fourth-order valence-electron chi connectivity index (χ4n) is 3.67. The van der Waals surface area contributed by atoms with E-state index >= 15 is 0 Å².